The Morgan fingerprint density at radius 1 is 1.29 bits per heavy atom. The maximum Gasteiger partial charge on any atom is 0.131 e. The molecule has 2 heterocycles. The monoisotopic (exact) mass is 290 g/mol. The molecule has 1 atom stereocenters. The highest BCUT2D eigenvalue weighted by molar-refractivity contribution is 5.49. The zero-order valence-electron chi connectivity index (χ0n) is 14.2. The summed E-state index contributed by atoms with van der Waals surface area (Å²) in [5.74, 6) is 2.07. The molecule has 0 amide bonds. The summed E-state index contributed by atoms with van der Waals surface area (Å²) in [6.45, 7) is 12.1. The lowest BCUT2D eigenvalue weighted by atomic mass is 10.1. The summed E-state index contributed by atoms with van der Waals surface area (Å²) in [6, 6.07) is 6.86. The van der Waals surface area contributed by atoms with E-state index in [-0.39, 0.29) is 5.54 Å². The molecule has 0 aromatic carbocycles. The molecule has 0 spiro atoms. The molecule has 1 aliphatic rings. The van der Waals surface area contributed by atoms with Crippen molar-refractivity contribution >= 4 is 11.6 Å². The van der Waals surface area contributed by atoms with Crippen LogP contribution in [-0.4, -0.2) is 48.1 Å². The van der Waals surface area contributed by atoms with Crippen molar-refractivity contribution in [2.45, 2.75) is 52.1 Å². The van der Waals surface area contributed by atoms with Crippen LogP contribution in [0.4, 0.5) is 11.6 Å². The second kappa shape index (κ2) is 6.65. The number of nitrogens with one attached hydrogen (secondary N) is 1. The van der Waals surface area contributed by atoms with Crippen LogP contribution >= 0.6 is 0 Å². The molecule has 1 fully saturated rings. The van der Waals surface area contributed by atoms with Crippen LogP contribution in [0.15, 0.2) is 18.2 Å². The highest BCUT2D eigenvalue weighted by Crippen LogP contribution is 2.22. The summed E-state index contributed by atoms with van der Waals surface area (Å²) in [4.78, 5) is 9.76. The summed E-state index contributed by atoms with van der Waals surface area (Å²) in [6.07, 6.45) is 2.36. The van der Waals surface area contributed by atoms with Gasteiger partial charge in [0.25, 0.3) is 0 Å². The smallest absolute Gasteiger partial charge is 0.131 e. The van der Waals surface area contributed by atoms with Gasteiger partial charge in [0.1, 0.15) is 11.6 Å². The van der Waals surface area contributed by atoms with Gasteiger partial charge in [0.15, 0.2) is 0 Å². The Bertz CT molecular complexity index is 452. The van der Waals surface area contributed by atoms with E-state index in [9.17, 15) is 0 Å². The molecule has 1 aromatic rings. The van der Waals surface area contributed by atoms with E-state index in [1.54, 1.807) is 0 Å². The molecule has 2 rings (SSSR count). The minimum Gasteiger partial charge on any atom is -0.365 e. The summed E-state index contributed by atoms with van der Waals surface area (Å²) in [7, 11) is 2.22. The van der Waals surface area contributed by atoms with Gasteiger partial charge >= 0.3 is 0 Å². The fraction of sp³-hybridized carbons (Fsp3) is 0.706. The van der Waals surface area contributed by atoms with Crippen LogP contribution in [-0.2, 0) is 0 Å². The number of hydrogen-bond acceptors (Lipinski definition) is 4. The van der Waals surface area contributed by atoms with Crippen molar-refractivity contribution in [2.75, 3.05) is 36.9 Å². The molecule has 4 heteroatoms. The number of pyridine rings is 1. The first kappa shape index (κ1) is 16.1. The van der Waals surface area contributed by atoms with Crippen LogP contribution in [0.5, 0.6) is 0 Å². The maximum absolute atomic E-state index is 4.84. The van der Waals surface area contributed by atoms with E-state index in [1.807, 2.05) is 0 Å². The standard InChI is InChI=1S/C17H30N4/c1-6-14-13-20(5)11-8-12-21(14)16-10-7-9-15(18-16)19-17(2,3)4/h7,9-10,14H,6,8,11-13H2,1-5H3,(H,18,19). The second-order valence-electron chi connectivity index (χ2n) is 7.13. The molecule has 1 aromatic heterocycles. The van der Waals surface area contributed by atoms with Gasteiger partial charge in [0.05, 0.1) is 0 Å². The van der Waals surface area contributed by atoms with Crippen molar-refractivity contribution in [3.8, 4) is 0 Å². The fourth-order valence-electron chi connectivity index (χ4n) is 2.93. The Balaban J connectivity index is 2.21. The molecule has 1 saturated heterocycles. The highest BCUT2D eigenvalue weighted by atomic mass is 15.3. The largest absolute Gasteiger partial charge is 0.365 e. The Kier molecular flexibility index (Phi) is 5.09. The number of anilines is 2. The van der Waals surface area contributed by atoms with Gasteiger partial charge < -0.3 is 15.1 Å². The van der Waals surface area contributed by atoms with E-state index in [0.717, 1.165) is 31.1 Å². The molecule has 0 aliphatic carbocycles. The van der Waals surface area contributed by atoms with Crippen LogP contribution in [0.2, 0.25) is 0 Å². The molecule has 21 heavy (non-hydrogen) atoms. The van der Waals surface area contributed by atoms with Crippen molar-refractivity contribution in [3.05, 3.63) is 18.2 Å². The molecule has 1 unspecified atom stereocenters. The van der Waals surface area contributed by atoms with Gasteiger partial charge in [-0.05, 0) is 59.3 Å². The average molecular weight is 290 g/mol. The van der Waals surface area contributed by atoms with Gasteiger partial charge in [-0.3, -0.25) is 0 Å². The predicted octanol–water partition coefficient (Wildman–Crippen LogP) is 3.21. The minimum absolute atomic E-state index is 0.0365. The van der Waals surface area contributed by atoms with Gasteiger partial charge in [0.2, 0.25) is 0 Å². The topological polar surface area (TPSA) is 31.4 Å². The zero-order chi connectivity index (χ0) is 15.5. The Morgan fingerprint density at radius 3 is 2.71 bits per heavy atom. The number of rotatable bonds is 3. The van der Waals surface area contributed by atoms with E-state index in [0.29, 0.717) is 6.04 Å². The Labute approximate surface area is 129 Å². The molecule has 4 nitrogen and oxygen atoms in total. The van der Waals surface area contributed by atoms with E-state index in [1.165, 1.54) is 13.0 Å². The van der Waals surface area contributed by atoms with Gasteiger partial charge in [-0.1, -0.05) is 13.0 Å². The first-order valence-corrected chi connectivity index (χ1v) is 8.09. The van der Waals surface area contributed by atoms with Crippen molar-refractivity contribution in [3.63, 3.8) is 0 Å². The van der Waals surface area contributed by atoms with E-state index in [4.69, 9.17) is 4.98 Å². The zero-order valence-corrected chi connectivity index (χ0v) is 14.2. The Hall–Kier alpha value is -1.29. The third kappa shape index (κ3) is 4.60. The Morgan fingerprint density at radius 2 is 2.05 bits per heavy atom. The van der Waals surface area contributed by atoms with Gasteiger partial charge in [-0.25, -0.2) is 4.98 Å². The van der Waals surface area contributed by atoms with Crippen molar-refractivity contribution in [2.24, 2.45) is 0 Å². The second-order valence-corrected chi connectivity index (χ2v) is 7.13. The van der Waals surface area contributed by atoms with E-state index < -0.39 is 0 Å². The molecule has 1 N–H and O–H groups in total. The van der Waals surface area contributed by atoms with Crippen molar-refractivity contribution in [1.29, 1.82) is 0 Å². The third-order valence-corrected chi connectivity index (χ3v) is 3.91. The van der Waals surface area contributed by atoms with Gasteiger partial charge in [-0.15, -0.1) is 0 Å². The van der Waals surface area contributed by atoms with Crippen LogP contribution in [0.3, 0.4) is 0 Å². The van der Waals surface area contributed by atoms with Crippen molar-refractivity contribution < 1.29 is 0 Å². The number of hydrogen-bond donors (Lipinski definition) is 1. The van der Waals surface area contributed by atoms with Crippen LogP contribution in [0, 0.1) is 0 Å². The van der Waals surface area contributed by atoms with E-state index in [2.05, 4.69) is 68.1 Å². The third-order valence-electron chi connectivity index (χ3n) is 3.91. The molecule has 0 saturated carbocycles. The SMILES string of the molecule is CCC1CN(C)CCCN1c1cccc(NC(C)(C)C)n1. The predicted molar refractivity (Wildman–Crippen MR) is 91.2 cm³/mol. The van der Waals surface area contributed by atoms with Crippen molar-refractivity contribution in [1.82, 2.24) is 9.88 Å². The summed E-state index contributed by atoms with van der Waals surface area (Å²) in [5, 5.41) is 3.47. The molecule has 0 radical (unpaired) electrons. The fourth-order valence-corrected chi connectivity index (χ4v) is 2.93. The number of aromatic nitrogens is 1. The average Bonchev–Trinajstić information content (AvgIpc) is 2.58. The molecular weight excluding hydrogens is 260 g/mol. The lowest BCUT2D eigenvalue weighted by Crippen LogP contribution is -2.40. The van der Waals surface area contributed by atoms with E-state index >= 15 is 0 Å². The summed E-state index contributed by atoms with van der Waals surface area (Å²) >= 11 is 0. The van der Waals surface area contributed by atoms with Gasteiger partial charge in [0, 0.05) is 24.7 Å². The quantitative estimate of drug-likeness (QED) is 0.926. The number of likely N-dealkylation sites (N-methyl/N-ethyl adjacent to an activating group) is 1. The normalized spacial score (nSPS) is 21.2. The number of nitrogens with zero attached hydrogens (tertiary/aromatic N) is 3. The van der Waals surface area contributed by atoms with Gasteiger partial charge in [-0.2, -0.15) is 0 Å². The first-order chi connectivity index (χ1) is 9.89. The van der Waals surface area contributed by atoms with Crippen LogP contribution in [0.25, 0.3) is 0 Å². The van der Waals surface area contributed by atoms with Crippen LogP contribution < -0.4 is 10.2 Å². The summed E-state index contributed by atoms with van der Waals surface area (Å²) < 4.78 is 0. The van der Waals surface area contributed by atoms with Crippen LogP contribution in [0.1, 0.15) is 40.5 Å². The lowest BCUT2D eigenvalue weighted by Gasteiger charge is -2.32. The summed E-state index contributed by atoms with van der Waals surface area (Å²) in [5.41, 5.74) is 0.0365. The highest BCUT2D eigenvalue weighted by Gasteiger charge is 2.23. The lowest BCUT2D eigenvalue weighted by molar-refractivity contribution is 0.327. The maximum atomic E-state index is 4.84. The minimum atomic E-state index is 0.0365. The first-order valence-electron chi connectivity index (χ1n) is 8.09. The molecule has 1 aliphatic heterocycles. The molecule has 118 valence electrons. The molecular formula is C17H30N4. The molecule has 0 bridgehead atoms.